The molecule has 0 aliphatic carbocycles. The van der Waals surface area contributed by atoms with Crippen LogP contribution in [0.15, 0.2) is 30.6 Å². The first-order chi connectivity index (χ1) is 9.19. The molecule has 0 spiro atoms. The van der Waals surface area contributed by atoms with Crippen LogP contribution in [-0.2, 0) is 11.2 Å². The van der Waals surface area contributed by atoms with Gasteiger partial charge in [-0.1, -0.05) is 0 Å². The summed E-state index contributed by atoms with van der Waals surface area (Å²) in [7, 11) is 1.51. The van der Waals surface area contributed by atoms with Crippen molar-refractivity contribution in [1.29, 1.82) is 0 Å². The summed E-state index contributed by atoms with van der Waals surface area (Å²) in [6, 6.07) is 5.37. The molecule has 0 amide bonds. The third kappa shape index (κ3) is 3.48. The summed E-state index contributed by atoms with van der Waals surface area (Å²) in [5.74, 6) is -0.0239. The smallest absolute Gasteiger partial charge is 0.303 e. The first kappa shape index (κ1) is 12.9. The van der Waals surface area contributed by atoms with Gasteiger partial charge in [-0.25, -0.2) is 4.98 Å². The minimum atomic E-state index is -0.880. The Labute approximate surface area is 110 Å². The molecule has 0 bridgehead atoms. The summed E-state index contributed by atoms with van der Waals surface area (Å²) in [6.45, 7) is 0. The van der Waals surface area contributed by atoms with Crippen molar-refractivity contribution in [1.82, 2.24) is 15.0 Å². The van der Waals surface area contributed by atoms with E-state index in [-0.39, 0.29) is 12.8 Å². The summed E-state index contributed by atoms with van der Waals surface area (Å²) in [6.07, 6.45) is 3.61. The van der Waals surface area contributed by atoms with Gasteiger partial charge < -0.3 is 9.84 Å². The molecule has 2 aromatic rings. The number of pyridine rings is 1. The van der Waals surface area contributed by atoms with Crippen LogP contribution >= 0.6 is 0 Å². The number of carbonyl (C=O) groups is 1. The summed E-state index contributed by atoms with van der Waals surface area (Å²) < 4.78 is 5.10. The minimum absolute atomic E-state index is 0.0142. The number of aryl methyl sites for hydroxylation is 1. The van der Waals surface area contributed by atoms with Crippen molar-refractivity contribution >= 4 is 5.97 Å². The monoisotopic (exact) mass is 259 g/mol. The lowest BCUT2D eigenvalue weighted by atomic mass is 10.2. The second-order valence-electron chi connectivity index (χ2n) is 3.85. The van der Waals surface area contributed by atoms with E-state index >= 15 is 0 Å². The molecule has 2 aromatic heterocycles. The molecular formula is C13H13N3O3. The van der Waals surface area contributed by atoms with Crippen LogP contribution in [0.2, 0.25) is 0 Å². The van der Waals surface area contributed by atoms with E-state index in [4.69, 9.17) is 9.84 Å². The van der Waals surface area contributed by atoms with E-state index in [0.29, 0.717) is 17.4 Å². The van der Waals surface area contributed by atoms with E-state index in [0.717, 1.165) is 5.56 Å². The summed E-state index contributed by atoms with van der Waals surface area (Å²) in [4.78, 5) is 23.1. The van der Waals surface area contributed by atoms with Gasteiger partial charge in [-0.05, 0) is 12.1 Å². The molecule has 0 saturated heterocycles. The largest absolute Gasteiger partial charge is 0.481 e. The highest BCUT2D eigenvalue weighted by molar-refractivity contribution is 5.67. The van der Waals surface area contributed by atoms with Crippen LogP contribution in [0.4, 0.5) is 0 Å². The summed E-state index contributed by atoms with van der Waals surface area (Å²) >= 11 is 0. The minimum Gasteiger partial charge on any atom is -0.481 e. The lowest BCUT2D eigenvalue weighted by molar-refractivity contribution is -0.137. The molecule has 0 aromatic carbocycles. The number of carboxylic acid groups (broad SMARTS) is 1. The molecular weight excluding hydrogens is 246 g/mol. The Morgan fingerprint density at radius 3 is 2.89 bits per heavy atom. The van der Waals surface area contributed by atoms with Gasteiger partial charge in [0.15, 0.2) is 0 Å². The highest BCUT2D eigenvalue weighted by Crippen LogP contribution is 2.20. The Morgan fingerprint density at radius 1 is 1.42 bits per heavy atom. The van der Waals surface area contributed by atoms with Crippen molar-refractivity contribution in [3.8, 4) is 17.1 Å². The second kappa shape index (κ2) is 5.90. The maximum atomic E-state index is 10.6. The lowest BCUT2D eigenvalue weighted by Gasteiger charge is -2.06. The topological polar surface area (TPSA) is 85.2 Å². The van der Waals surface area contributed by atoms with Gasteiger partial charge in [0.2, 0.25) is 5.88 Å². The third-order valence-corrected chi connectivity index (χ3v) is 2.48. The summed E-state index contributed by atoms with van der Waals surface area (Å²) in [5.41, 5.74) is 1.50. The number of aromatic nitrogens is 3. The van der Waals surface area contributed by atoms with E-state index in [2.05, 4.69) is 15.0 Å². The number of aliphatic carboxylic acids is 1. The molecule has 6 nitrogen and oxygen atoms in total. The van der Waals surface area contributed by atoms with Gasteiger partial charge in [0.05, 0.1) is 19.2 Å². The van der Waals surface area contributed by atoms with Crippen molar-refractivity contribution < 1.29 is 14.6 Å². The fourth-order valence-corrected chi connectivity index (χ4v) is 1.57. The van der Waals surface area contributed by atoms with E-state index in [1.165, 1.54) is 7.11 Å². The van der Waals surface area contributed by atoms with Gasteiger partial charge in [-0.2, -0.15) is 4.98 Å². The highest BCUT2D eigenvalue weighted by atomic mass is 16.5. The molecule has 1 N–H and O–H groups in total. The number of carboxylic acids is 1. The molecule has 19 heavy (non-hydrogen) atoms. The van der Waals surface area contributed by atoms with Crippen molar-refractivity contribution in [3.05, 3.63) is 36.4 Å². The number of hydrogen-bond donors (Lipinski definition) is 1. The van der Waals surface area contributed by atoms with Gasteiger partial charge in [0.25, 0.3) is 0 Å². The second-order valence-corrected chi connectivity index (χ2v) is 3.85. The van der Waals surface area contributed by atoms with Crippen LogP contribution in [0.1, 0.15) is 12.2 Å². The molecule has 0 radical (unpaired) electrons. The Bertz CT molecular complexity index is 573. The van der Waals surface area contributed by atoms with Gasteiger partial charge in [-0.3, -0.25) is 9.78 Å². The van der Waals surface area contributed by atoms with Crippen molar-refractivity contribution in [3.63, 3.8) is 0 Å². The van der Waals surface area contributed by atoms with E-state index in [1.54, 1.807) is 24.5 Å². The zero-order valence-electron chi connectivity index (χ0n) is 10.4. The molecule has 0 fully saturated rings. The van der Waals surface area contributed by atoms with Crippen LogP contribution in [0.25, 0.3) is 11.3 Å². The molecule has 98 valence electrons. The number of hydrogen-bond acceptors (Lipinski definition) is 5. The Balaban J connectivity index is 2.33. The fraction of sp³-hybridized carbons (Fsp3) is 0.231. The van der Waals surface area contributed by atoms with Crippen molar-refractivity contribution in [2.75, 3.05) is 7.11 Å². The van der Waals surface area contributed by atoms with Gasteiger partial charge in [0.1, 0.15) is 5.82 Å². The van der Waals surface area contributed by atoms with E-state index in [1.807, 2.05) is 6.07 Å². The van der Waals surface area contributed by atoms with Crippen LogP contribution in [-0.4, -0.2) is 33.1 Å². The van der Waals surface area contributed by atoms with Crippen molar-refractivity contribution in [2.24, 2.45) is 0 Å². The summed E-state index contributed by atoms with van der Waals surface area (Å²) in [5, 5.41) is 8.69. The van der Waals surface area contributed by atoms with Gasteiger partial charge >= 0.3 is 5.97 Å². The van der Waals surface area contributed by atoms with Gasteiger partial charge in [0, 0.05) is 30.4 Å². The Hall–Kier alpha value is -2.50. The molecule has 0 atom stereocenters. The number of rotatable bonds is 5. The number of nitrogens with zero attached hydrogens (tertiary/aromatic N) is 3. The van der Waals surface area contributed by atoms with Crippen LogP contribution in [0, 0.1) is 0 Å². The standard InChI is InChI=1S/C13H13N3O3/c1-19-12-7-10(9-3-2-6-14-8-9)15-11(16-12)4-5-13(17)18/h2-3,6-8H,4-5H2,1H3,(H,17,18). The molecule has 0 saturated carbocycles. The maximum Gasteiger partial charge on any atom is 0.303 e. The first-order valence-corrected chi connectivity index (χ1v) is 5.73. The lowest BCUT2D eigenvalue weighted by Crippen LogP contribution is -2.04. The maximum absolute atomic E-state index is 10.6. The predicted molar refractivity (Wildman–Crippen MR) is 67.8 cm³/mol. The highest BCUT2D eigenvalue weighted by Gasteiger charge is 2.08. The average Bonchev–Trinajstić information content (AvgIpc) is 2.45. The predicted octanol–water partition coefficient (Wildman–Crippen LogP) is 1.56. The molecule has 6 heteroatoms. The molecule has 0 unspecified atom stereocenters. The zero-order chi connectivity index (χ0) is 13.7. The molecule has 2 heterocycles. The number of methoxy groups -OCH3 is 1. The van der Waals surface area contributed by atoms with Crippen molar-refractivity contribution in [2.45, 2.75) is 12.8 Å². The fourth-order valence-electron chi connectivity index (χ4n) is 1.57. The van der Waals surface area contributed by atoms with Crippen LogP contribution in [0.5, 0.6) is 5.88 Å². The third-order valence-electron chi connectivity index (χ3n) is 2.48. The zero-order valence-corrected chi connectivity index (χ0v) is 10.4. The SMILES string of the molecule is COc1cc(-c2cccnc2)nc(CCC(=O)O)n1. The quantitative estimate of drug-likeness (QED) is 0.877. The van der Waals surface area contributed by atoms with Crippen LogP contribution < -0.4 is 4.74 Å². The van der Waals surface area contributed by atoms with E-state index in [9.17, 15) is 4.79 Å². The average molecular weight is 259 g/mol. The Kier molecular flexibility index (Phi) is 4.02. The molecule has 2 rings (SSSR count). The van der Waals surface area contributed by atoms with E-state index < -0.39 is 5.97 Å². The normalized spacial score (nSPS) is 10.2. The van der Waals surface area contributed by atoms with Gasteiger partial charge in [-0.15, -0.1) is 0 Å². The number of ether oxygens (including phenoxy) is 1. The Morgan fingerprint density at radius 2 is 2.26 bits per heavy atom. The molecule has 0 aliphatic heterocycles. The first-order valence-electron chi connectivity index (χ1n) is 5.73. The van der Waals surface area contributed by atoms with Crippen LogP contribution in [0.3, 0.4) is 0 Å². The molecule has 0 aliphatic rings.